The van der Waals surface area contributed by atoms with Gasteiger partial charge in [0.2, 0.25) is 18.1 Å². The Labute approximate surface area is 212 Å². The maximum Gasteiger partial charge on any atom is 0.310 e. The van der Waals surface area contributed by atoms with Gasteiger partial charge in [0.05, 0.1) is 11.3 Å². The van der Waals surface area contributed by atoms with Crippen molar-refractivity contribution in [3.05, 3.63) is 47.4 Å². The molecule has 0 radical (unpaired) electrons. The number of benzene rings is 1. The molecule has 3 aliphatic rings. The normalized spacial score (nSPS) is 28.8. The van der Waals surface area contributed by atoms with Crippen LogP contribution in [-0.2, 0) is 23.9 Å². The zero-order valence-electron chi connectivity index (χ0n) is 20.0. The van der Waals surface area contributed by atoms with Crippen molar-refractivity contribution in [2.45, 2.75) is 69.5 Å². The van der Waals surface area contributed by atoms with Gasteiger partial charge in [0, 0.05) is 17.3 Å². The predicted molar refractivity (Wildman–Crippen MR) is 133 cm³/mol. The van der Waals surface area contributed by atoms with Crippen LogP contribution in [0.4, 0.5) is 0 Å². The molecule has 4 heterocycles. The third kappa shape index (κ3) is 4.87. The number of nitrogens with one attached hydrogen (secondary N) is 2. The molecule has 190 valence electrons. The van der Waals surface area contributed by atoms with E-state index in [4.69, 9.17) is 9.47 Å². The van der Waals surface area contributed by atoms with Crippen molar-refractivity contribution in [1.29, 1.82) is 0 Å². The van der Waals surface area contributed by atoms with Crippen LogP contribution in [0.2, 0.25) is 0 Å². The van der Waals surface area contributed by atoms with Gasteiger partial charge in [-0.3, -0.25) is 19.2 Å². The summed E-state index contributed by atoms with van der Waals surface area (Å²) in [6, 6.07) is 7.39. The second-order valence-corrected chi connectivity index (χ2v) is 10.3. The molecule has 0 aliphatic carbocycles. The van der Waals surface area contributed by atoms with E-state index in [9.17, 15) is 19.2 Å². The van der Waals surface area contributed by atoms with Crippen LogP contribution in [-0.4, -0.2) is 65.7 Å². The lowest BCUT2D eigenvalue weighted by molar-refractivity contribution is -0.164. The molecule has 0 saturated carbocycles. The minimum absolute atomic E-state index is 0.0249. The summed E-state index contributed by atoms with van der Waals surface area (Å²) in [6.07, 6.45) is 5.32. The molecule has 0 spiro atoms. The third-order valence-electron chi connectivity index (χ3n) is 6.88. The minimum atomic E-state index is -0.831. The number of rotatable bonds is 6. The number of cyclic esters (lactones) is 1. The Kier molecular flexibility index (Phi) is 7.06. The molecule has 0 bridgehead atoms. The lowest BCUT2D eigenvalue weighted by Gasteiger charge is -2.34. The molecule has 2 saturated heterocycles. The zero-order valence-corrected chi connectivity index (χ0v) is 20.8. The Hall–Kier alpha value is -3.24. The van der Waals surface area contributed by atoms with Gasteiger partial charge in [0.25, 0.3) is 5.91 Å². The molecule has 36 heavy (non-hydrogen) atoms. The van der Waals surface area contributed by atoms with Crippen LogP contribution in [0.25, 0.3) is 10.1 Å². The third-order valence-corrected chi connectivity index (χ3v) is 8.00. The number of esters is 1. The van der Waals surface area contributed by atoms with Crippen molar-refractivity contribution in [3.8, 4) is 0 Å². The quantitative estimate of drug-likeness (QED) is 0.455. The molecule has 10 heteroatoms. The van der Waals surface area contributed by atoms with E-state index in [-0.39, 0.29) is 30.2 Å². The molecular formula is C26H29N3O6S. The molecule has 2 unspecified atom stereocenters. The number of ether oxygens (including phenoxy) is 2. The first-order valence-corrected chi connectivity index (χ1v) is 13.1. The van der Waals surface area contributed by atoms with Gasteiger partial charge in [-0.15, -0.1) is 11.3 Å². The van der Waals surface area contributed by atoms with E-state index in [0.717, 1.165) is 10.1 Å². The lowest BCUT2D eigenvalue weighted by Crippen LogP contribution is -2.57. The van der Waals surface area contributed by atoms with Crippen LogP contribution >= 0.6 is 11.3 Å². The van der Waals surface area contributed by atoms with Gasteiger partial charge in [-0.2, -0.15) is 0 Å². The van der Waals surface area contributed by atoms with E-state index in [2.05, 4.69) is 10.6 Å². The SMILES string of the molecule is CCOC1OC(=O)CC1NC(=O)[C@@H]1CC[C@H]2C/C=C\C[C@H](NC(=O)c3cc4ccccc4s3)C(=O)N21. The number of amides is 3. The summed E-state index contributed by atoms with van der Waals surface area (Å²) >= 11 is 1.38. The Morgan fingerprint density at radius 2 is 1.94 bits per heavy atom. The van der Waals surface area contributed by atoms with Crippen molar-refractivity contribution in [3.63, 3.8) is 0 Å². The number of carbonyl (C=O) groups excluding carboxylic acids is 4. The fourth-order valence-electron chi connectivity index (χ4n) is 5.16. The van der Waals surface area contributed by atoms with Crippen LogP contribution in [0.3, 0.4) is 0 Å². The van der Waals surface area contributed by atoms with Crippen LogP contribution in [0.1, 0.15) is 48.7 Å². The highest BCUT2D eigenvalue weighted by molar-refractivity contribution is 7.20. The zero-order chi connectivity index (χ0) is 25.2. The second kappa shape index (κ2) is 10.4. The van der Waals surface area contributed by atoms with E-state index >= 15 is 0 Å². The van der Waals surface area contributed by atoms with E-state index in [1.54, 1.807) is 11.8 Å². The smallest absolute Gasteiger partial charge is 0.310 e. The van der Waals surface area contributed by atoms with Crippen molar-refractivity contribution >= 4 is 45.1 Å². The van der Waals surface area contributed by atoms with Gasteiger partial charge in [-0.05, 0) is 50.1 Å². The van der Waals surface area contributed by atoms with Gasteiger partial charge < -0.3 is 25.0 Å². The number of thiophene rings is 1. The van der Waals surface area contributed by atoms with E-state index < -0.39 is 30.4 Å². The molecule has 2 fully saturated rings. The number of hydrogen-bond acceptors (Lipinski definition) is 7. The highest BCUT2D eigenvalue weighted by Crippen LogP contribution is 2.31. The summed E-state index contributed by atoms with van der Waals surface area (Å²) in [7, 11) is 0. The standard InChI is InChI=1S/C26H29N3O6S/c1-2-34-26-18(14-22(30)35-26)28-23(31)19-12-11-16-8-4-5-9-17(25(33)29(16)19)27-24(32)21-13-15-7-3-6-10-20(15)36-21/h3-7,10,13,16-19,26H,2,8-9,11-12,14H2,1H3,(H,27,32)(H,28,31)/b5-4-/t16-,17+,18?,19+,26?/m1/s1. The first-order chi connectivity index (χ1) is 17.4. The predicted octanol–water partition coefficient (Wildman–Crippen LogP) is 2.50. The van der Waals surface area contributed by atoms with E-state index in [1.807, 2.05) is 42.5 Å². The Balaban J connectivity index is 1.31. The maximum absolute atomic E-state index is 13.7. The number of nitrogens with zero attached hydrogens (tertiary/aromatic N) is 1. The fourth-order valence-corrected chi connectivity index (χ4v) is 6.13. The monoisotopic (exact) mass is 511 g/mol. The molecule has 3 amide bonds. The van der Waals surface area contributed by atoms with Gasteiger partial charge >= 0.3 is 5.97 Å². The highest BCUT2D eigenvalue weighted by atomic mass is 32.1. The van der Waals surface area contributed by atoms with Crippen molar-refractivity contribution in [2.24, 2.45) is 0 Å². The molecule has 9 nitrogen and oxygen atoms in total. The first-order valence-electron chi connectivity index (χ1n) is 12.3. The first kappa shape index (κ1) is 24.5. The molecule has 5 rings (SSSR count). The van der Waals surface area contributed by atoms with Gasteiger partial charge in [-0.25, -0.2) is 0 Å². The average Bonchev–Trinajstić information content (AvgIpc) is 3.56. The largest absolute Gasteiger partial charge is 0.433 e. The molecule has 2 N–H and O–H groups in total. The van der Waals surface area contributed by atoms with Crippen molar-refractivity contribution in [1.82, 2.24) is 15.5 Å². The minimum Gasteiger partial charge on any atom is -0.433 e. The molecule has 1 aromatic carbocycles. The van der Waals surface area contributed by atoms with Crippen LogP contribution in [0.15, 0.2) is 42.5 Å². The van der Waals surface area contributed by atoms with Crippen molar-refractivity contribution in [2.75, 3.05) is 6.61 Å². The summed E-state index contributed by atoms with van der Waals surface area (Å²) in [6.45, 7) is 2.13. The summed E-state index contributed by atoms with van der Waals surface area (Å²) in [5.41, 5.74) is 0. The van der Waals surface area contributed by atoms with Gasteiger partial charge in [0.15, 0.2) is 0 Å². The van der Waals surface area contributed by atoms with Gasteiger partial charge in [0.1, 0.15) is 18.1 Å². The number of carbonyl (C=O) groups is 4. The molecule has 5 atom stereocenters. The molecule has 1 aromatic heterocycles. The van der Waals surface area contributed by atoms with Crippen molar-refractivity contribution < 1.29 is 28.7 Å². The summed E-state index contributed by atoms with van der Waals surface area (Å²) in [4.78, 5) is 53.9. The highest BCUT2D eigenvalue weighted by Gasteiger charge is 2.45. The Morgan fingerprint density at radius 1 is 1.14 bits per heavy atom. The maximum atomic E-state index is 13.7. The summed E-state index contributed by atoms with van der Waals surface area (Å²) in [5.74, 6) is -1.34. The Bertz CT molecular complexity index is 1180. The molecular weight excluding hydrogens is 482 g/mol. The van der Waals surface area contributed by atoms with Gasteiger partial charge in [-0.1, -0.05) is 30.4 Å². The van der Waals surface area contributed by atoms with Crippen LogP contribution in [0.5, 0.6) is 0 Å². The van der Waals surface area contributed by atoms with Crippen LogP contribution < -0.4 is 10.6 Å². The van der Waals surface area contributed by atoms with E-state index in [0.29, 0.717) is 37.2 Å². The number of hydrogen-bond donors (Lipinski definition) is 2. The topological polar surface area (TPSA) is 114 Å². The average molecular weight is 512 g/mol. The number of fused-ring (bicyclic) bond motifs is 2. The molecule has 3 aliphatic heterocycles. The second-order valence-electron chi connectivity index (χ2n) is 9.24. The van der Waals surface area contributed by atoms with E-state index in [1.165, 1.54) is 11.3 Å². The molecule has 2 aromatic rings. The summed E-state index contributed by atoms with van der Waals surface area (Å²) < 4.78 is 11.6. The summed E-state index contributed by atoms with van der Waals surface area (Å²) in [5, 5.41) is 6.75. The fraction of sp³-hybridized carbons (Fsp3) is 0.462. The van der Waals surface area contributed by atoms with Crippen LogP contribution in [0, 0.1) is 0 Å². The Morgan fingerprint density at radius 3 is 2.75 bits per heavy atom. The lowest BCUT2D eigenvalue weighted by atomic mass is 10.0.